The molecule has 4 nitrogen and oxygen atoms in total. The minimum absolute atomic E-state index is 0.304. The van der Waals surface area contributed by atoms with Gasteiger partial charge in [0.1, 0.15) is 33.9 Å². The molecule has 0 bridgehead atoms. The number of allylic oxidation sites excluding steroid dienone is 1. The number of rotatable bonds is 3. The molecule has 21 heavy (non-hydrogen) atoms. The standard InChI is InChI=1S/C15H15BN2O2S/c1-7-9(3)19-10(4)13(7)14(20-16)12(6-17)15-18-8(2)11(5)21-15/h1-5H3. The summed E-state index contributed by atoms with van der Waals surface area (Å²) in [6.45, 7) is 9.47. The van der Waals surface area contributed by atoms with Gasteiger partial charge < -0.3 is 9.07 Å². The van der Waals surface area contributed by atoms with Crippen LogP contribution in [-0.2, 0) is 4.65 Å². The Morgan fingerprint density at radius 1 is 1.24 bits per heavy atom. The lowest BCUT2D eigenvalue weighted by Gasteiger charge is -2.09. The highest BCUT2D eigenvalue weighted by Crippen LogP contribution is 2.35. The number of nitrogens with zero attached hydrogens (tertiary/aromatic N) is 2. The van der Waals surface area contributed by atoms with Gasteiger partial charge in [-0.05, 0) is 34.6 Å². The molecular formula is C15H15BN2O2S. The summed E-state index contributed by atoms with van der Waals surface area (Å²) in [4.78, 5) is 5.47. The highest BCUT2D eigenvalue weighted by atomic mass is 32.1. The molecule has 106 valence electrons. The van der Waals surface area contributed by atoms with Crippen molar-refractivity contribution in [1.29, 1.82) is 5.26 Å². The Kier molecular flexibility index (Phi) is 4.24. The van der Waals surface area contributed by atoms with Gasteiger partial charge in [0.2, 0.25) is 0 Å². The van der Waals surface area contributed by atoms with Crippen LogP contribution in [0.3, 0.4) is 0 Å². The lowest BCUT2D eigenvalue weighted by atomic mass is 10.0. The van der Waals surface area contributed by atoms with Crippen molar-refractivity contribution in [1.82, 2.24) is 4.98 Å². The zero-order valence-corrected chi connectivity index (χ0v) is 13.5. The van der Waals surface area contributed by atoms with Gasteiger partial charge in [-0.2, -0.15) is 5.26 Å². The van der Waals surface area contributed by atoms with Crippen LogP contribution in [0, 0.1) is 45.9 Å². The van der Waals surface area contributed by atoms with E-state index in [0.29, 0.717) is 22.1 Å². The lowest BCUT2D eigenvalue weighted by molar-refractivity contribution is 0.498. The second kappa shape index (κ2) is 5.78. The predicted molar refractivity (Wildman–Crippen MR) is 83.8 cm³/mol. The SMILES string of the molecule is [B]OC(=C(C#N)c1nc(C)c(C)s1)c1c(C)oc(C)c1C. The van der Waals surface area contributed by atoms with Gasteiger partial charge in [0.25, 0.3) is 0 Å². The molecule has 0 aliphatic heterocycles. The summed E-state index contributed by atoms with van der Waals surface area (Å²) in [6, 6.07) is 2.15. The largest absolute Gasteiger partial charge is 0.566 e. The molecule has 0 N–H and O–H groups in total. The molecule has 0 fully saturated rings. The summed E-state index contributed by atoms with van der Waals surface area (Å²) in [5.74, 6) is 1.75. The van der Waals surface area contributed by atoms with E-state index in [4.69, 9.17) is 17.1 Å². The van der Waals surface area contributed by atoms with Crippen LogP contribution < -0.4 is 0 Å². The van der Waals surface area contributed by atoms with E-state index in [9.17, 15) is 5.26 Å². The summed E-state index contributed by atoms with van der Waals surface area (Å²) in [7, 11) is 5.44. The molecule has 0 aliphatic rings. The first-order valence-corrected chi connectivity index (χ1v) is 7.24. The Hall–Kier alpha value is -2.00. The van der Waals surface area contributed by atoms with Crippen LogP contribution in [0.15, 0.2) is 4.42 Å². The van der Waals surface area contributed by atoms with Crippen LogP contribution in [0.25, 0.3) is 11.3 Å². The van der Waals surface area contributed by atoms with Gasteiger partial charge in [0.05, 0.1) is 11.3 Å². The Labute approximate surface area is 129 Å². The van der Waals surface area contributed by atoms with Crippen LogP contribution in [-0.4, -0.2) is 13.0 Å². The molecule has 2 rings (SSSR count). The number of furan rings is 1. The molecule has 2 heterocycles. The lowest BCUT2D eigenvalue weighted by Crippen LogP contribution is -1.97. The molecule has 6 heteroatoms. The molecule has 0 unspecified atom stereocenters. The number of hydrogen-bond acceptors (Lipinski definition) is 5. The van der Waals surface area contributed by atoms with E-state index >= 15 is 0 Å². The first-order chi connectivity index (χ1) is 9.90. The van der Waals surface area contributed by atoms with Gasteiger partial charge in [0, 0.05) is 10.4 Å². The maximum absolute atomic E-state index is 9.52. The van der Waals surface area contributed by atoms with Crippen LogP contribution in [0.5, 0.6) is 0 Å². The molecule has 0 aromatic carbocycles. The summed E-state index contributed by atoms with van der Waals surface area (Å²) < 4.78 is 10.6. The third kappa shape index (κ3) is 2.61. The molecule has 0 spiro atoms. The molecular weight excluding hydrogens is 283 g/mol. The summed E-state index contributed by atoms with van der Waals surface area (Å²) in [5.41, 5.74) is 2.85. The van der Waals surface area contributed by atoms with Crippen molar-refractivity contribution in [2.45, 2.75) is 34.6 Å². The fraction of sp³-hybridized carbons (Fsp3) is 0.333. The molecule has 0 atom stereocenters. The van der Waals surface area contributed by atoms with Crippen LogP contribution in [0.1, 0.15) is 38.2 Å². The van der Waals surface area contributed by atoms with Crippen LogP contribution in [0.4, 0.5) is 0 Å². The van der Waals surface area contributed by atoms with Crippen molar-refractivity contribution in [3.05, 3.63) is 38.2 Å². The Balaban J connectivity index is 2.73. The Morgan fingerprint density at radius 2 is 1.90 bits per heavy atom. The van der Waals surface area contributed by atoms with Gasteiger partial charge >= 0.3 is 8.05 Å². The summed E-state index contributed by atoms with van der Waals surface area (Å²) in [5, 5.41) is 10.1. The van der Waals surface area contributed by atoms with Crippen molar-refractivity contribution in [2.75, 3.05) is 0 Å². The van der Waals surface area contributed by atoms with Crippen LogP contribution in [0.2, 0.25) is 0 Å². The highest BCUT2D eigenvalue weighted by Gasteiger charge is 2.22. The van der Waals surface area contributed by atoms with Gasteiger partial charge in [-0.1, -0.05) is 0 Å². The molecule has 0 amide bonds. The molecule has 0 saturated heterocycles. The van der Waals surface area contributed by atoms with Crippen molar-refractivity contribution in [2.24, 2.45) is 0 Å². The van der Waals surface area contributed by atoms with Crippen LogP contribution >= 0.6 is 11.3 Å². The van der Waals surface area contributed by atoms with E-state index in [1.54, 1.807) is 0 Å². The van der Waals surface area contributed by atoms with E-state index in [1.165, 1.54) is 11.3 Å². The zero-order chi connectivity index (χ0) is 15.7. The van der Waals surface area contributed by atoms with E-state index < -0.39 is 0 Å². The minimum Gasteiger partial charge on any atom is -0.566 e. The smallest absolute Gasteiger partial charge is 0.374 e. The van der Waals surface area contributed by atoms with Gasteiger partial charge in [0.15, 0.2) is 0 Å². The second-order valence-corrected chi connectivity index (χ2v) is 6.01. The number of thiazole rings is 1. The zero-order valence-electron chi connectivity index (χ0n) is 12.7. The monoisotopic (exact) mass is 298 g/mol. The number of aryl methyl sites for hydroxylation is 4. The normalized spacial score (nSPS) is 12.0. The first-order valence-electron chi connectivity index (χ1n) is 6.43. The average Bonchev–Trinajstić information content (AvgIpc) is 2.88. The third-order valence-corrected chi connectivity index (χ3v) is 4.58. The number of hydrogen-bond donors (Lipinski definition) is 0. The minimum atomic E-state index is 0.304. The fourth-order valence-electron chi connectivity index (χ4n) is 2.15. The van der Waals surface area contributed by atoms with E-state index in [1.807, 2.05) is 34.6 Å². The predicted octanol–water partition coefficient (Wildman–Crippen LogP) is 3.77. The quantitative estimate of drug-likeness (QED) is 0.491. The van der Waals surface area contributed by atoms with E-state index in [-0.39, 0.29) is 0 Å². The van der Waals surface area contributed by atoms with E-state index in [0.717, 1.165) is 27.5 Å². The van der Waals surface area contributed by atoms with E-state index in [2.05, 4.69) is 11.1 Å². The Morgan fingerprint density at radius 3 is 2.29 bits per heavy atom. The molecule has 0 saturated carbocycles. The van der Waals surface area contributed by atoms with Crippen molar-refractivity contribution in [3.8, 4) is 6.07 Å². The summed E-state index contributed by atoms with van der Waals surface area (Å²) >= 11 is 1.45. The van der Waals surface area contributed by atoms with Gasteiger partial charge in [-0.25, -0.2) is 4.98 Å². The van der Waals surface area contributed by atoms with Gasteiger partial charge in [-0.3, -0.25) is 0 Å². The third-order valence-electron chi connectivity index (χ3n) is 3.49. The maximum Gasteiger partial charge on any atom is 0.374 e. The average molecular weight is 298 g/mol. The van der Waals surface area contributed by atoms with Crippen molar-refractivity contribution < 1.29 is 9.07 Å². The maximum atomic E-state index is 9.52. The topological polar surface area (TPSA) is 59.0 Å². The molecule has 2 aromatic heterocycles. The highest BCUT2D eigenvalue weighted by molar-refractivity contribution is 7.13. The van der Waals surface area contributed by atoms with Crippen molar-refractivity contribution in [3.63, 3.8) is 0 Å². The molecule has 0 aliphatic carbocycles. The number of nitriles is 1. The first kappa shape index (κ1) is 15.4. The van der Waals surface area contributed by atoms with Crippen molar-refractivity contribution >= 4 is 30.7 Å². The Bertz CT molecular complexity index is 746. The molecule has 2 radical (unpaired) electrons. The fourth-order valence-corrected chi connectivity index (χ4v) is 3.05. The summed E-state index contributed by atoms with van der Waals surface area (Å²) in [6.07, 6.45) is 0. The number of aromatic nitrogens is 1. The van der Waals surface area contributed by atoms with Gasteiger partial charge in [-0.15, -0.1) is 11.3 Å². The molecule has 2 aromatic rings. The second-order valence-electron chi connectivity index (χ2n) is 4.81.